The fourth-order valence-corrected chi connectivity index (χ4v) is 4.23. The van der Waals surface area contributed by atoms with E-state index in [0.717, 1.165) is 50.4 Å². The van der Waals surface area contributed by atoms with E-state index in [1.165, 1.54) is 0 Å². The van der Waals surface area contributed by atoms with Gasteiger partial charge in [-0.25, -0.2) is 0 Å². The molecular formula is C30H31NO4. The van der Waals surface area contributed by atoms with E-state index in [1.54, 1.807) is 24.3 Å². The summed E-state index contributed by atoms with van der Waals surface area (Å²) in [5.74, 6) is 2.01. The maximum atomic E-state index is 10.5. The van der Waals surface area contributed by atoms with Crippen LogP contribution in [0.15, 0.2) is 60.7 Å². The van der Waals surface area contributed by atoms with Crippen molar-refractivity contribution in [2.24, 2.45) is 0 Å². The minimum absolute atomic E-state index is 0.211. The molecule has 0 saturated heterocycles. The fraction of sp³-hybridized carbons (Fsp3) is 0.200. The molecule has 0 bridgehead atoms. The van der Waals surface area contributed by atoms with Crippen LogP contribution < -0.4 is 9.64 Å². The zero-order chi connectivity index (χ0) is 25.4. The normalized spacial score (nSPS) is 10.9. The van der Waals surface area contributed by atoms with Gasteiger partial charge in [-0.2, -0.15) is 0 Å². The van der Waals surface area contributed by atoms with E-state index < -0.39 is 0 Å². The first-order valence-electron chi connectivity index (χ1n) is 11.5. The fourth-order valence-electron chi connectivity index (χ4n) is 4.23. The van der Waals surface area contributed by atoms with Gasteiger partial charge in [0.25, 0.3) is 0 Å². The summed E-state index contributed by atoms with van der Waals surface area (Å²) in [5, 5.41) is 30.9. The van der Waals surface area contributed by atoms with Crippen LogP contribution in [0.1, 0.15) is 33.4 Å². The number of hydrogen-bond acceptors (Lipinski definition) is 5. The van der Waals surface area contributed by atoms with Gasteiger partial charge in [-0.15, -0.1) is 0 Å². The highest BCUT2D eigenvalue weighted by molar-refractivity contribution is 5.82. The predicted molar refractivity (Wildman–Crippen MR) is 141 cm³/mol. The molecule has 5 nitrogen and oxygen atoms in total. The summed E-state index contributed by atoms with van der Waals surface area (Å²) in [6.45, 7) is 11.5. The van der Waals surface area contributed by atoms with Gasteiger partial charge in [0, 0.05) is 17.8 Å². The van der Waals surface area contributed by atoms with Gasteiger partial charge in [0.1, 0.15) is 28.7 Å². The Hall–Kier alpha value is -4.12. The molecule has 0 atom stereocenters. The van der Waals surface area contributed by atoms with Crippen LogP contribution in [0.3, 0.4) is 0 Å². The van der Waals surface area contributed by atoms with Crippen molar-refractivity contribution in [2.75, 3.05) is 4.90 Å². The summed E-state index contributed by atoms with van der Waals surface area (Å²) in [4.78, 5) is 2.03. The van der Waals surface area contributed by atoms with E-state index in [2.05, 4.69) is 0 Å². The second-order valence-electron chi connectivity index (χ2n) is 9.11. The molecule has 0 radical (unpaired) electrons. The predicted octanol–water partition coefficient (Wildman–Crippen LogP) is 7.92. The molecule has 0 saturated carbocycles. The molecule has 4 rings (SSSR count). The van der Waals surface area contributed by atoms with Crippen molar-refractivity contribution in [3.05, 3.63) is 94.0 Å². The van der Waals surface area contributed by atoms with Gasteiger partial charge < -0.3 is 25.0 Å². The lowest BCUT2D eigenvalue weighted by molar-refractivity contribution is 0.457. The van der Waals surface area contributed by atoms with Crippen LogP contribution in [-0.2, 0) is 0 Å². The maximum Gasteiger partial charge on any atom is 0.130 e. The lowest BCUT2D eigenvalue weighted by Gasteiger charge is -2.29. The zero-order valence-corrected chi connectivity index (χ0v) is 21.0. The Bertz CT molecular complexity index is 1350. The van der Waals surface area contributed by atoms with Crippen LogP contribution in [0.2, 0.25) is 0 Å². The lowest BCUT2D eigenvalue weighted by Crippen LogP contribution is -2.13. The minimum atomic E-state index is 0.211. The Morgan fingerprint density at radius 3 is 1.57 bits per heavy atom. The highest BCUT2D eigenvalue weighted by Gasteiger charge is 2.20. The van der Waals surface area contributed by atoms with Crippen LogP contribution in [0, 0.1) is 41.5 Å². The molecule has 0 fully saturated rings. The molecule has 3 N–H and O–H groups in total. The van der Waals surface area contributed by atoms with Crippen LogP contribution in [0.5, 0.6) is 28.7 Å². The summed E-state index contributed by atoms with van der Waals surface area (Å²) in [7, 11) is 0. The topological polar surface area (TPSA) is 73.2 Å². The number of phenols is 3. The van der Waals surface area contributed by atoms with Gasteiger partial charge in [-0.1, -0.05) is 12.1 Å². The van der Waals surface area contributed by atoms with Crippen molar-refractivity contribution >= 4 is 17.1 Å². The zero-order valence-electron chi connectivity index (χ0n) is 21.0. The van der Waals surface area contributed by atoms with E-state index in [4.69, 9.17) is 4.74 Å². The maximum absolute atomic E-state index is 10.5. The largest absolute Gasteiger partial charge is 0.508 e. The van der Waals surface area contributed by atoms with E-state index in [-0.39, 0.29) is 17.2 Å². The average molecular weight is 470 g/mol. The second kappa shape index (κ2) is 9.26. The average Bonchev–Trinajstić information content (AvgIpc) is 2.82. The van der Waals surface area contributed by atoms with Gasteiger partial charge in [-0.05, 0) is 111 Å². The highest BCUT2D eigenvalue weighted by atomic mass is 16.5. The summed E-state index contributed by atoms with van der Waals surface area (Å²) >= 11 is 0. The number of benzene rings is 4. The summed E-state index contributed by atoms with van der Waals surface area (Å²) in [6.07, 6.45) is 0. The number of hydrogen-bond donors (Lipinski definition) is 3. The van der Waals surface area contributed by atoms with E-state index >= 15 is 0 Å². The number of aromatic hydroxyl groups is 3. The Morgan fingerprint density at radius 2 is 1.06 bits per heavy atom. The van der Waals surface area contributed by atoms with Gasteiger partial charge in [0.05, 0.1) is 11.4 Å². The number of nitrogens with zero attached hydrogens (tertiary/aromatic N) is 1. The Kier molecular flexibility index (Phi) is 6.35. The van der Waals surface area contributed by atoms with Crippen LogP contribution in [0.4, 0.5) is 17.1 Å². The molecule has 4 aromatic rings. The molecule has 0 aromatic heterocycles. The number of phenolic OH excluding ortho intramolecular Hbond substituents is 3. The summed E-state index contributed by atoms with van der Waals surface area (Å²) in [5.41, 5.74) is 7.76. The van der Waals surface area contributed by atoms with Crippen molar-refractivity contribution in [2.45, 2.75) is 41.5 Å². The van der Waals surface area contributed by atoms with Crippen LogP contribution in [-0.4, -0.2) is 15.3 Å². The van der Waals surface area contributed by atoms with Crippen LogP contribution >= 0.6 is 0 Å². The first-order valence-corrected chi connectivity index (χ1v) is 11.5. The Morgan fingerprint density at radius 1 is 0.543 bits per heavy atom. The van der Waals surface area contributed by atoms with E-state index in [9.17, 15) is 15.3 Å². The lowest BCUT2D eigenvalue weighted by atomic mass is 10.0. The highest BCUT2D eigenvalue weighted by Crippen LogP contribution is 2.43. The number of rotatable bonds is 5. The van der Waals surface area contributed by atoms with Gasteiger partial charge in [0.15, 0.2) is 0 Å². The van der Waals surface area contributed by atoms with Crippen molar-refractivity contribution in [3.8, 4) is 28.7 Å². The van der Waals surface area contributed by atoms with Crippen molar-refractivity contribution in [1.29, 1.82) is 0 Å². The van der Waals surface area contributed by atoms with E-state index in [1.807, 2.05) is 82.8 Å². The van der Waals surface area contributed by atoms with Crippen LogP contribution in [0.25, 0.3) is 0 Å². The van der Waals surface area contributed by atoms with Gasteiger partial charge in [0.2, 0.25) is 0 Å². The summed E-state index contributed by atoms with van der Waals surface area (Å²) < 4.78 is 6.10. The second-order valence-corrected chi connectivity index (χ2v) is 9.11. The smallest absolute Gasteiger partial charge is 0.130 e. The molecule has 0 unspecified atom stereocenters. The standard InChI is InChI=1S/C30H31NO4/c1-17-13-19(3)28(33)15-25(17)31(26-16-29(34)20(4)14-18(26)2)23-7-9-24(10-8-23)35-30-12-11-27(32)21(5)22(30)6/h7-16,32-34H,1-6H3. The molecule has 0 aliphatic carbocycles. The monoisotopic (exact) mass is 469 g/mol. The Balaban J connectivity index is 1.80. The quantitative estimate of drug-likeness (QED) is 0.277. The van der Waals surface area contributed by atoms with Crippen molar-refractivity contribution in [3.63, 3.8) is 0 Å². The first kappa shape index (κ1) is 24.0. The van der Waals surface area contributed by atoms with Crippen molar-refractivity contribution in [1.82, 2.24) is 0 Å². The number of anilines is 3. The van der Waals surface area contributed by atoms with E-state index in [0.29, 0.717) is 11.5 Å². The third kappa shape index (κ3) is 4.62. The summed E-state index contributed by atoms with van der Waals surface area (Å²) in [6, 6.07) is 18.5. The molecular weight excluding hydrogens is 438 g/mol. The first-order chi connectivity index (χ1) is 16.6. The molecule has 0 aliphatic heterocycles. The molecule has 180 valence electrons. The molecule has 0 spiro atoms. The minimum Gasteiger partial charge on any atom is -0.508 e. The molecule has 0 heterocycles. The molecule has 5 heteroatoms. The number of aryl methyl sites for hydroxylation is 4. The molecule has 35 heavy (non-hydrogen) atoms. The Labute approximate surface area is 206 Å². The van der Waals surface area contributed by atoms with Gasteiger partial charge >= 0.3 is 0 Å². The SMILES string of the molecule is Cc1cc(C)c(N(c2ccc(Oc3ccc(O)c(C)c3C)cc2)c2cc(O)c(C)cc2C)cc1O. The molecule has 0 aliphatic rings. The molecule has 4 aromatic carbocycles. The molecule has 0 amide bonds. The number of ether oxygens (including phenoxy) is 1. The third-order valence-electron chi connectivity index (χ3n) is 6.54. The van der Waals surface area contributed by atoms with Gasteiger partial charge in [-0.3, -0.25) is 0 Å². The van der Waals surface area contributed by atoms with Crippen molar-refractivity contribution < 1.29 is 20.1 Å². The third-order valence-corrected chi connectivity index (χ3v) is 6.54.